The Morgan fingerprint density at radius 1 is 1.29 bits per heavy atom. The summed E-state index contributed by atoms with van der Waals surface area (Å²) in [7, 11) is 1.62. The van der Waals surface area contributed by atoms with Crippen LogP contribution in [0.5, 0.6) is 0 Å². The van der Waals surface area contributed by atoms with Crippen molar-refractivity contribution in [2.24, 2.45) is 4.99 Å². The lowest BCUT2D eigenvalue weighted by Crippen LogP contribution is -2.40. The molecule has 0 saturated heterocycles. The lowest BCUT2D eigenvalue weighted by Gasteiger charge is -2.36. The highest BCUT2D eigenvalue weighted by Crippen LogP contribution is 2.44. The SMILES string of the molecule is CCC(C)NC(=O)CC1=CSC2=NC(C)=C(C(=O)NC)C(c3ccccc3)N12. The molecule has 1 aromatic rings. The molecule has 2 atom stereocenters. The molecule has 2 amide bonds. The van der Waals surface area contributed by atoms with Gasteiger partial charge in [0.2, 0.25) is 5.91 Å². The molecule has 28 heavy (non-hydrogen) atoms. The number of benzene rings is 1. The highest BCUT2D eigenvalue weighted by Gasteiger charge is 2.40. The Morgan fingerprint density at radius 3 is 2.64 bits per heavy atom. The van der Waals surface area contributed by atoms with Crippen molar-refractivity contribution in [2.45, 2.75) is 45.7 Å². The standard InChI is InChI=1S/C21H26N4O2S/c1-5-13(2)23-17(26)11-16-12-28-21-24-14(3)18(20(27)22-4)19(25(16)21)15-9-7-6-8-10-15/h6-10,12-13,19H,5,11H2,1-4H3,(H,22,27)(H,23,26). The maximum absolute atomic E-state index is 12.7. The van der Waals surface area contributed by atoms with Gasteiger partial charge in [-0.3, -0.25) is 9.59 Å². The number of amidine groups is 1. The Bertz CT molecular complexity index is 860. The summed E-state index contributed by atoms with van der Waals surface area (Å²) in [5, 5.41) is 8.51. The van der Waals surface area contributed by atoms with Crippen molar-refractivity contribution >= 4 is 28.7 Å². The average Bonchev–Trinajstić information content (AvgIpc) is 3.08. The van der Waals surface area contributed by atoms with Gasteiger partial charge in [0, 0.05) is 18.8 Å². The van der Waals surface area contributed by atoms with Gasteiger partial charge in [0.1, 0.15) is 0 Å². The highest BCUT2D eigenvalue weighted by molar-refractivity contribution is 8.16. The van der Waals surface area contributed by atoms with Crippen molar-refractivity contribution in [3.63, 3.8) is 0 Å². The molecule has 6 nitrogen and oxygen atoms in total. The Morgan fingerprint density at radius 2 is 2.00 bits per heavy atom. The van der Waals surface area contributed by atoms with Gasteiger partial charge in [0.25, 0.3) is 5.91 Å². The number of nitrogens with one attached hydrogen (secondary N) is 2. The Balaban J connectivity index is 1.97. The molecule has 2 N–H and O–H groups in total. The number of carbonyl (C=O) groups is 2. The summed E-state index contributed by atoms with van der Waals surface area (Å²) >= 11 is 1.49. The zero-order valence-corrected chi connectivity index (χ0v) is 17.5. The van der Waals surface area contributed by atoms with Crippen LogP contribution >= 0.6 is 11.8 Å². The van der Waals surface area contributed by atoms with E-state index in [2.05, 4.69) is 15.6 Å². The van der Waals surface area contributed by atoms with Crippen LogP contribution in [0.1, 0.15) is 45.2 Å². The number of carbonyl (C=O) groups excluding carboxylic acids is 2. The van der Waals surface area contributed by atoms with Crippen molar-refractivity contribution in [3.8, 4) is 0 Å². The second-order valence-electron chi connectivity index (χ2n) is 6.94. The van der Waals surface area contributed by atoms with Gasteiger partial charge >= 0.3 is 0 Å². The second-order valence-corrected chi connectivity index (χ2v) is 7.77. The Labute approximate surface area is 170 Å². The highest BCUT2D eigenvalue weighted by atomic mass is 32.2. The first kappa shape index (κ1) is 20.2. The molecule has 3 rings (SSSR count). The molecule has 0 bridgehead atoms. The molecular formula is C21H26N4O2S. The Kier molecular flexibility index (Phi) is 6.24. The van der Waals surface area contributed by atoms with E-state index in [0.29, 0.717) is 11.3 Å². The number of hydrogen-bond acceptors (Lipinski definition) is 5. The number of rotatable bonds is 6. The van der Waals surface area contributed by atoms with Crippen LogP contribution < -0.4 is 10.6 Å². The molecule has 2 aliphatic rings. The molecule has 2 aliphatic heterocycles. The third kappa shape index (κ3) is 3.99. The average molecular weight is 399 g/mol. The molecule has 1 aromatic carbocycles. The number of nitrogens with zero attached hydrogens (tertiary/aromatic N) is 2. The predicted octanol–water partition coefficient (Wildman–Crippen LogP) is 3.31. The maximum Gasteiger partial charge on any atom is 0.251 e. The van der Waals surface area contributed by atoms with E-state index in [9.17, 15) is 9.59 Å². The van der Waals surface area contributed by atoms with Crippen LogP contribution in [0.3, 0.4) is 0 Å². The zero-order valence-electron chi connectivity index (χ0n) is 16.7. The van der Waals surface area contributed by atoms with Gasteiger partial charge in [-0.25, -0.2) is 4.99 Å². The van der Waals surface area contributed by atoms with Crippen LogP contribution in [0.4, 0.5) is 0 Å². The number of amides is 2. The minimum atomic E-state index is -0.314. The van der Waals surface area contributed by atoms with Gasteiger partial charge in [-0.2, -0.15) is 0 Å². The summed E-state index contributed by atoms with van der Waals surface area (Å²) in [4.78, 5) is 31.9. The zero-order chi connectivity index (χ0) is 20.3. The largest absolute Gasteiger partial charge is 0.355 e. The molecule has 0 radical (unpaired) electrons. The summed E-state index contributed by atoms with van der Waals surface area (Å²) in [5.41, 5.74) is 3.15. The van der Waals surface area contributed by atoms with Gasteiger partial charge in [-0.1, -0.05) is 49.0 Å². The summed E-state index contributed by atoms with van der Waals surface area (Å²) in [6.07, 6.45) is 1.13. The lowest BCUT2D eigenvalue weighted by molar-refractivity contribution is -0.121. The van der Waals surface area contributed by atoms with Crippen LogP contribution in [-0.2, 0) is 9.59 Å². The quantitative estimate of drug-likeness (QED) is 0.771. The number of aliphatic imine (C=N–C) groups is 1. The van der Waals surface area contributed by atoms with Crippen LogP contribution in [0.25, 0.3) is 0 Å². The van der Waals surface area contributed by atoms with Crippen LogP contribution in [0, 0.1) is 0 Å². The van der Waals surface area contributed by atoms with Crippen molar-refractivity contribution in [1.29, 1.82) is 0 Å². The molecule has 0 fully saturated rings. The van der Waals surface area contributed by atoms with E-state index in [0.717, 1.165) is 22.8 Å². The molecule has 7 heteroatoms. The number of allylic oxidation sites excluding steroid dienone is 1. The number of likely N-dealkylation sites (N-methyl/N-ethyl adjacent to an activating group) is 1. The smallest absolute Gasteiger partial charge is 0.251 e. The lowest BCUT2D eigenvalue weighted by atomic mass is 9.93. The fourth-order valence-corrected chi connectivity index (χ4v) is 4.30. The molecule has 0 aromatic heterocycles. The van der Waals surface area contributed by atoms with E-state index >= 15 is 0 Å². The molecule has 0 aliphatic carbocycles. The molecular weight excluding hydrogens is 372 g/mol. The van der Waals surface area contributed by atoms with Gasteiger partial charge in [0.05, 0.1) is 23.7 Å². The first-order valence-corrected chi connectivity index (χ1v) is 10.3. The number of thioether (sulfide) groups is 1. The predicted molar refractivity (Wildman–Crippen MR) is 113 cm³/mol. The van der Waals surface area contributed by atoms with Crippen LogP contribution in [0.2, 0.25) is 0 Å². The summed E-state index contributed by atoms with van der Waals surface area (Å²) in [6, 6.07) is 9.69. The summed E-state index contributed by atoms with van der Waals surface area (Å²) < 4.78 is 0. The van der Waals surface area contributed by atoms with E-state index in [1.54, 1.807) is 7.05 Å². The van der Waals surface area contributed by atoms with Gasteiger partial charge in [0.15, 0.2) is 5.17 Å². The number of hydrogen-bond donors (Lipinski definition) is 2. The third-order valence-corrected chi connectivity index (χ3v) is 5.84. The molecule has 0 spiro atoms. The summed E-state index contributed by atoms with van der Waals surface area (Å²) in [5.74, 6) is -0.184. The van der Waals surface area contributed by atoms with Crippen LogP contribution in [-0.4, -0.2) is 35.0 Å². The minimum Gasteiger partial charge on any atom is -0.355 e. The molecule has 0 saturated carbocycles. The molecule has 2 unspecified atom stereocenters. The fraction of sp³-hybridized carbons (Fsp3) is 0.381. The minimum absolute atomic E-state index is 0.0259. The van der Waals surface area contributed by atoms with Gasteiger partial charge in [-0.05, 0) is 31.2 Å². The van der Waals surface area contributed by atoms with E-state index in [4.69, 9.17) is 0 Å². The first-order valence-electron chi connectivity index (χ1n) is 9.47. The number of fused-ring (bicyclic) bond motifs is 1. The monoisotopic (exact) mass is 398 g/mol. The first-order chi connectivity index (χ1) is 13.5. The van der Waals surface area contributed by atoms with Gasteiger partial charge < -0.3 is 15.5 Å². The van der Waals surface area contributed by atoms with Crippen LogP contribution in [0.15, 0.2) is 57.7 Å². The van der Waals surface area contributed by atoms with E-state index < -0.39 is 0 Å². The van der Waals surface area contributed by atoms with Crippen molar-refractivity contribution in [1.82, 2.24) is 15.5 Å². The Hall–Kier alpha value is -2.54. The molecule has 148 valence electrons. The molecule has 2 heterocycles. The summed E-state index contributed by atoms with van der Waals surface area (Å²) in [6.45, 7) is 5.89. The van der Waals surface area contributed by atoms with E-state index in [1.807, 2.05) is 61.4 Å². The fourth-order valence-electron chi connectivity index (χ4n) is 3.34. The third-order valence-electron chi connectivity index (χ3n) is 4.95. The van der Waals surface area contributed by atoms with Crippen molar-refractivity contribution < 1.29 is 9.59 Å². The van der Waals surface area contributed by atoms with Crippen molar-refractivity contribution in [2.75, 3.05) is 7.05 Å². The second kappa shape index (κ2) is 8.65. The maximum atomic E-state index is 12.7. The normalized spacial score (nSPS) is 19.6. The topological polar surface area (TPSA) is 73.8 Å². The van der Waals surface area contributed by atoms with E-state index in [1.165, 1.54) is 11.8 Å². The van der Waals surface area contributed by atoms with E-state index in [-0.39, 0.29) is 30.3 Å². The van der Waals surface area contributed by atoms with Crippen molar-refractivity contribution in [3.05, 3.63) is 58.3 Å². The van der Waals surface area contributed by atoms with Gasteiger partial charge in [-0.15, -0.1) is 0 Å².